The molecule has 2 unspecified atom stereocenters. The highest BCUT2D eigenvalue weighted by molar-refractivity contribution is 5.79. The zero-order chi connectivity index (χ0) is 31.7. The number of epoxide rings is 2. The molecule has 0 bridgehead atoms. The standard InChI is InChI=1S/C42H35NO4/c1-28-3-13-34(14-4-28)43(35-15-5-29(2)6-16-35)36-17-7-30(8-18-36)33-23-39(46-37-19-9-31(10-20-37)41-26-44-41)25-40(24-33)47-38-21-11-32(12-22-38)42-27-45-42/h3-25,41-42H,26-27H2,1-2H3. The summed E-state index contributed by atoms with van der Waals surface area (Å²) in [7, 11) is 0. The fourth-order valence-electron chi connectivity index (χ4n) is 5.75. The van der Waals surface area contributed by atoms with Crippen LogP contribution in [0.4, 0.5) is 17.1 Å². The Hall–Kier alpha value is -5.36. The van der Waals surface area contributed by atoms with Crippen molar-refractivity contribution in [2.24, 2.45) is 0 Å². The average Bonchev–Trinajstić information content (AvgIpc) is 4.02. The van der Waals surface area contributed by atoms with Gasteiger partial charge in [-0.1, -0.05) is 71.8 Å². The number of rotatable bonds is 10. The SMILES string of the molecule is Cc1ccc(N(c2ccc(C)cc2)c2ccc(-c3cc(Oc4ccc(C5CO5)cc4)cc(Oc4ccc(C5CO5)cc4)c3)cc2)cc1. The molecule has 47 heavy (non-hydrogen) atoms. The molecule has 0 saturated carbocycles. The highest BCUT2D eigenvalue weighted by atomic mass is 16.6. The van der Waals surface area contributed by atoms with E-state index < -0.39 is 0 Å². The molecule has 0 N–H and O–H groups in total. The summed E-state index contributed by atoms with van der Waals surface area (Å²) in [5.74, 6) is 2.91. The predicted molar refractivity (Wildman–Crippen MR) is 186 cm³/mol. The first-order chi connectivity index (χ1) is 23.0. The zero-order valence-corrected chi connectivity index (χ0v) is 26.4. The summed E-state index contributed by atoms with van der Waals surface area (Å²) in [6.07, 6.45) is 0.419. The number of hydrogen-bond acceptors (Lipinski definition) is 5. The Labute approximate surface area is 275 Å². The van der Waals surface area contributed by atoms with Crippen molar-refractivity contribution in [3.8, 4) is 34.1 Å². The third kappa shape index (κ3) is 6.77. The van der Waals surface area contributed by atoms with Gasteiger partial charge in [-0.25, -0.2) is 0 Å². The Balaban J connectivity index is 1.12. The average molecular weight is 618 g/mol. The number of nitrogens with zero attached hydrogens (tertiary/aromatic N) is 1. The highest BCUT2D eigenvalue weighted by Crippen LogP contribution is 2.39. The van der Waals surface area contributed by atoms with E-state index in [9.17, 15) is 0 Å². The molecule has 8 rings (SSSR count). The van der Waals surface area contributed by atoms with Gasteiger partial charge in [0, 0.05) is 23.1 Å². The van der Waals surface area contributed by atoms with Crippen molar-refractivity contribution in [2.45, 2.75) is 26.1 Å². The van der Waals surface area contributed by atoms with Gasteiger partial charge < -0.3 is 23.8 Å². The Kier molecular flexibility index (Phi) is 7.70. The van der Waals surface area contributed by atoms with Crippen molar-refractivity contribution < 1.29 is 18.9 Å². The highest BCUT2D eigenvalue weighted by Gasteiger charge is 2.25. The molecule has 5 heteroatoms. The molecule has 6 aromatic rings. The fraction of sp³-hybridized carbons (Fsp3) is 0.143. The van der Waals surface area contributed by atoms with Gasteiger partial charge >= 0.3 is 0 Å². The van der Waals surface area contributed by atoms with Gasteiger partial charge in [0.05, 0.1) is 13.2 Å². The summed E-state index contributed by atoms with van der Waals surface area (Å²) < 4.78 is 23.6. The first-order valence-corrected chi connectivity index (χ1v) is 16.0. The maximum atomic E-state index is 6.38. The Bertz CT molecular complexity index is 1860. The largest absolute Gasteiger partial charge is 0.457 e. The van der Waals surface area contributed by atoms with E-state index in [1.54, 1.807) is 0 Å². The van der Waals surface area contributed by atoms with Gasteiger partial charge in [0.25, 0.3) is 0 Å². The molecule has 232 valence electrons. The molecular weight excluding hydrogens is 582 g/mol. The van der Waals surface area contributed by atoms with Gasteiger partial charge in [-0.05, 0) is 109 Å². The van der Waals surface area contributed by atoms with Crippen molar-refractivity contribution in [3.63, 3.8) is 0 Å². The van der Waals surface area contributed by atoms with E-state index in [2.05, 4.69) is 128 Å². The molecule has 0 radical (unpaired) electrons. The smallest absolute Gasteiger partial charge is 0.131 e. The summed E-state index contributed by atoms with van der Waals surface area (Å²) in [4.78, 5) is 2.28. The third-order valence-electron chi connectivity index (χ3n) is 8.57. The Morgan fingerprint density at radius 1 is 0.447 bits per heavy atom. The number of anilines is 3. The molecule has 0 amide bonds. The van der Waals surface area contributed by atoms with Crippen LogP contribution in [-0.2, 0) is 9.47 Å². The molecular formula is C42H35NO4. The maximum absolute atomic E-state index is 6.38. The predicted octanol–water partition coefficient (Wildman–Crippen LogP) is 11.2. The number of aryl methyl sites for hydroxylation is 2. The zero-order valence-electron chi connectivity index (χ0n) is 26.4. The van der Waals surface area contributed by atoms with Gasteiger partial charge in [-0.15, -0.1) is 0 Å². The van der Waals surface area contributed by atoms with Gasteiger partial charge in [-0.3, -0.25) is 0 Å². The van der Waals surface area contributed by atoms with Crippen LogP contribution in [0.2, 0.25) is 0 Å². The molecule has 2 saturated heterocycles. The summed E-state index contributed by atoms with van der Waals surface area (Å²) >= 11 is 0. The van der Waals surface area contributed by atoms with E-state index >= 15 is 0 Å². The first kappa shape index (κ1) is 29.1. The lowest BCUT2D eigenvalue weighted by atomic mass is 10.0. The van der Waals surface area contributed by atoms with Crippen LogP contribution in [0.15, 0.2) is 140 Å². The Morgan fingerprint density at radius 3 is 1.21 bits per heavy atom. The van der Waals surface area contributed by atoms with Crippen LogP contribution in [0.5, 0.6) is 23.0 Å². The minimum absolute atomic E-state index is 0.209. The van der Waals surface area contributed by atoms with Crippen molar-refractivity contribution >= 4 is 17.1 Å². The number of benzene rings is 6. The minimum atomic E-state index is 0.209. The lowest BCUT2D eigenvalue weighted by molar-refractivity contribution is 0.415. The van der Waals surface area contributed by atoms with Crippen molar-refractivity contribution in [1.29, 1.82) is 0 Å². The van der Waals surface area contributed by atoms with Crippen LogP contribution in [0, 0.1) is 13.8 Å². The van der Waals surface area contributed by atoms with Crippen LogP contribution in [0.3, 0.4) is 0 Å². The summed E-state index contributed by atoms with van der Waals surface area (Å²) in [6, 6.07) is 48.2. The summed E-state index contributed by atoms with van der Waals surface area (Å²) in [5.41, 5.74) is 10.1. The second kappa shape index (κ2) is 12.4. The molecule has 0 aromatic heterocycles. The molecule has 2 fully saturated rings. The monoisotopic (exact) mass is 617 g/mol. The van der Waals surface area contributed by atoms with Crippen LogP contribution < -0.4 is 14.4 Å². The van der Waals surface area contributed by atoms with Crippen molar-refractivity contribution in [2.75, 3.05) is 18.1 Å². The van der Waals surface area contributed by atoms with Crippen LogP contribution in [-0.4, -0.2) is 13.2 Å². The lowest BCUT2D eigenvalue weighted by Crippen LogP contribution is -2.09. The van der Waals surface area contributed by atoms with E-state index in [0.29, 0.717) is 11.5 Å². The normalized spacial score (nSPS) is 16.4. The van der Waals surface area contributed by atoms with Gasteiger partial charge in [0.15, 0.2) is 0 Å². The fourth-order valence-corrected chi connectivity index (χ4v) is 5.75. The topological polar surface area (TPSA) is 46.8 Å². The molecule has 0 aliphatic carbocycles. The second-order valence-corrected chi connectivity index (χ2v) is 12.2. The molecule has 6 aromatic carbocycles. The quantitative estimate of drug-likeness (QED) is 0.143. The minimum Gasteiger partial charge on any atom is -0.457 e. The summed E-state index contributed by atoms with van der Waals surface area (Å²) in [6.45, 7) is 5.79. The van der Waals surface area contributed by atoms with Crippen LogP contribution in [0.1, 0.15) is 34.5 Å². The Morgan fingerprint density at radius 2 is 0.830 bits per heavy atom. The van der Waals surface area contributed by atoms with E-state index in [1.165, 1.54) is 22.3 Å². The van der Waals surface area contributed by atoms with Crippen LogP contribution in [0.25, 0.3) is 11.1 Å². The van der Waals surface area contributed by atoms with E-state index in [0.717, 1.165) is 52.9 Å². The number of hydrogen-bond donors (Lipinski definition) is 0. The first-order valence-electron chi connectivity index (χ1n) is 16.0. The number of ether oxygens (including phenoxy) is 4. The van der Waals surface area contributed by atoms with E-state index in [1.807, 2.05) is 30.3 Å². The summed E-state index contributed by atoms with van der Waals surface area (Å²) in [5, 5.41) is 0. The molecule has 5 nitrogen and oxygen atoms in total. The van der Waals surface area contributed by atoms with E-state index in [-0.39, 0.29) is 12.2 Å². The van der Waals surface area contributed by atoms with Gasteiger partial charge in [-0.2, -0.15) is 0 Å². The molecule has 2 heterocycles. The van der Waals surface area contributed by atoms with Crippen molar-refractivity contribution in [1.82, 2.24) is 0 Å². The van der Waals surface area contributed by atoms with Crippen molar-refractivity contribution in [3.05, 3.63) is 162 Å². The molecule has 2 aliphatic rings. The second-order valence-electron chi connectivity index (χ2n) is 12.2. The third-order valence-corrected chi connectivity index (χ3v) is 8.57. The molecule has 2 atom stereocenters. The van der Waals surface area contributed by atoms with Crippen LogP contribution >= 0.6 is 0 Å². The lowest BCUT2D eigenvalue weighted by Gasteiger charge is -2.26. The molecule has 2 aliphatic heterocycles. The maximum Gasteiger partial charge on any atom is 0.131 e. The van der Waals surface area contributed by atoms with E-state index in [4.69, 9.17) is 18.9 Å². The molecule has 0 spiro atoms. The van der Waals surface area contributed by atoms with Gasteiger partial charge in [0.2, 0.25) is 0 Å². The van der Waals surface area contributed by atoms with Gasteiger partial charge in [0.1, 0.15) is 35.2 Å².